The second kappa shape index (κ2) is 8.21. The Labute approximate surface area is 185 Å². The van der Waals surface area contributed by atoms with Crippen LogP contribution in [-0.2, 0) is 12.8 Å². The molecule has 3 aromatic rings. The van der Waals surface area contributed by atoms with Gasteiger partial charge in [-0.3, -0.25) is 5.43 Å². The van der Waals surface area contributed by atoms with Crippen LogP contribution in [0.5, 0.6) is 0 Å². The maximum atomic E-state index is 6.23. The smallest absolute Gasteiger partial charge is 0.158 e. The third kappa shape index (κ3) is 4.14. The fraction of sp³-hybridized carbons (Fsp3) is 0.409. The molecule has 0 fully saturated rings. The van der Waals surface area contributed by atoms with Crippen molar-refractivity contribution in [3.8, 4) is 0 Å². The van der Waals surface area contributed by atoms with Crippen LogP contribution in [0, 0.1) is 11.3 Å². The van der Waals surface area contributed by atoms with Crippen LogP contribution < -0.4 is 5.43 Å². The first-order chi connectivity index (χ1) is 13.9. The van der Waals surface area contributed by atoms with Crippen LogP contribution in [-0.4, -0.2) is 16.2 Å². The lowest BCUT2D eigenvalue weighted by Gasteiger charge is -2.36. The van der Waals surface area contributed by atoms with Gasteiger partial charge in [0.15, 0.2) is 5.82 Å². The SMILES string of the molecule is CCC(C)(C)[C@@H]1CCc2sc3ncnc(N/N=C\c4ccc(Cl)cc4Cl)c3c2C1. The Morgan fingerprint density at radius 3 is 2.90 bits per heavy atom. The zero-order valence-corrected chi connectivity index (χ0v) is 19.1. The van der Waals surface area contributed by atoms with Gasteiger partial charge in [0.1, 0.15) is 11.2 Å². The lowest BCUT2D eigenvalue weighted by atomic mass is 9.69. The van der Waals surface area contributed by atoms with Crippen molar-refractivity contribution in [3.05, 3.63) is 50.6 Å². The van der Waals surface area contributed by atoms with Crippen LogP contribution in [0.25, 0.3) is 10.2 Å². The third-order valence-electron chi connectivity index (χ3n) is 6.19. The van der Waals surface area contributed by atoms with Gasteiger partial charge in [-0.1, -0.05) is 56.5 Å². The van der Waals surface area contributed by atoms with Gasteiger partial charge in [0, 0.05) is 15.5 Å². The van der Waals surface area contributed by atoms with Crippen molar-refractivity contribution < 1.29 is 0 Å². The summed E-state index contributed by atoms with van der Waals surface area (Å²) in [6, 6.07) is 5.34. The molecule has 1 atom stereocenters. The molecule has 29 heavy (non-hydrogen) atoms. The van der Waals surface area contributed by atoms with Crippen molar-refractivity contribution in [2.45, 2.75) is 46.5 Å². The van der Waals surface area contributed by atoms with Crippen LogP contribution in [0.3, 0.4) is 0 Å². The van der Waals surface area contributed by atoms with Crippen LogP contribution in [0.1, 0.15) is 49.6 Å². The summed E-state index contributed by atoms with van der Waals surface area (Å²) in [6.07, 6.45) is 7.91. The molecule has 4 nitrogen and oxygen atoms in total. The molecular formula is C22H24Cl2N4S. The quantitative estimate of drug-likeness (QED) is 0.339. The summed E-state index contributed by atoms with van der Waals surface area (Å²) in [5.74, 6) is 1.42. The number of nitrogens with one attached hydrogen (secondary N) is 1. The molecule has 0 radical (unpaired) electrons. The highest BCUT2D eigenvalue weighted by Gasteiger charge is 2.33. The monoisotopic (exact) mass is 446 g/mol. The third-order valence-corrected chi connectivity index (χ3v) is 7.96. The van der Waals surface area contributed by atoms with Crippen molar-refractivity contribution >= 4 is 56.8 Å². The molecule has 1 N–H and O–H groups in total. The number of fused-ring (bicyclic) bond motifs is 3. The fourth-order valence-electron chi connectivity index (χ4n) is 3.92. The van der Waals surface area contributed by atoms with E-state index in [9.17, 15) is 0 Å². The topological polar surface area (TPSA) is 50.2 Å². The summed E-state index contributed by atoms with van der Waals surface area (Å²) in [6.45, 7) is 7.05. The standard InChI is InChI=1S/C22H24Cl2N4S/c1-4-22(2,3)14-6-8-18-16(9-14)19-20(25-12-26-21(19)29-18)28-27-11-13-5-7-15(23)10-17(13)24/h5,7,10-12,14H,4,6,8-9H2,1-3H3,(H,25,26,28)/b27-11-/t14-/m1/s1. The summed E-state index contributed by atoms with van der Waals surface area (Å²) in [5.41, 5.74) is 5.64. The molecule has 4 rings (SSSR count). The molecule has 1 aliphatic rings. The van der Waals surface area contributed by atoms with E-state index in [4.69, 9.17) is 23.2 Å². The summed E-state index contributed by atoms with van der Waals surface area (Å²) in [5, 5.41) is 6.66. The largest absolute Gasteiger partial charge is 0.261 e. The number of rotatable bonds is 5. The maximum absolute atomic E-state index is 6.23. The average Bonchev–Trinajstić information content (AvgIpc) is 3.08. The zero-order valence-electron chi connectivity index (χ0n) is 16.8. The predicted molar refractivity (Wildman–Crippen MR) is 125 cm³/mol. The highest BCUT2D eigenvalue weighted by molar-refractivity contribution is 7.19. The van der Waals surface area contributed by atoms with Gasteiger partial charge < -0.3 is 0 Å². The summed E-state index contributed by atoms with van der Waals surface area (Å²) in [4.78, 5) is 11.5. The van der Waals surface area contributed by atoms with Crippen molar-refractivity contribution in [2.24, 2.45) is 16.4 Å². The molecule has 1 aliphatic carbocycles. The molecule has 0 bridgehead atoms. The Kier molecular flexibility index (Phi) is 5.83. The number of halogens is 2. The first-order valence-corrected chi connectivity index (χ1v) is 11.5. The molecule has 7 heteroatoms. The lowest BCUT2D eigenvalue weighted by Crippen LogP contribution is -2.28. The molecule has 0 saturated heterocycles. The molecule has 2 heterocycles. The normalized spacial score (nSPS) is 17.1. The Balaban J connectivity index is 1.64. The van der Waals surface area contributed by atoms with E-state index >= 15 is 0 Å². The highest BCUT2D eigenvalue weighted by atomic mass is 35.5. The van der Waals surface area contributed by atoms with Gasteiger partial charge in [-0.2, -0.15) is 5.10 Å². The summed E-state index contributed by atoms with van der Waals surface area (Å²) >= 11 is 14.0. The van der Waals surface area contributed by atoms with Gasteiger partial charge in [-0.15, -0.1) is 11.3 Å². The molecular weight excluding hydrogens is 423 g/mol. The van der Waals surface area contributed by atoms with Crippen LogP contribution >= 0.6 is 34.5 Å². The first-order valence-electron chi connectivity index (χ1n) is 9.88. The van der Waals surface area contributed by atoms with E-state index in [1.807, 2.05) is 6.07 Å². The van der Waals surface area contributed by atoms with Crippen molar-refractivity contribution in [3.63, 3.8) is 0 Å². The number of thiophene rings is 1. The number of nitrogens with zero attached hydrogens (tertiary/aromatic N) is 3. The Morgan fingerprint density at radius 2 is 2.14 bits per heavy atom. The van der Waals surface area contributed by atoms with Gasteiger partial charge in [0.2, 0.25) is 0 Å². The van der Waals surface area contributed by atoms with Crippen LogP contribution in [0.4, 0.5) is 5.82 Å². The van der Waals surface area contributed by atoms with E-state index in [2.05, 4.69) is 41.3 Å². The highest BCUT2D eigenvalue weighted by Crippen LogP contribution is 2.45. The minimum absolute atomic E-state index is 0.332. The number of benzene rings is 1. The van der Waals surface area contributed by atoms with E-state index in [-0.39, 0.29) is 0 Å². The first kappa shape index (κ1) is 20.6. The van der Waals surface area contributed by atoms with Gasteiger partial charge >= 0.3 is 0 Å². The minimum Gasteiger partial charge on any atom is -0.261 e. The van der Waals surface area contributed by atoms with Crippen molar-refractivity contribution in [1.29, 1.82) is 0 Å². The van der Waals surface area contributed by atoms with E-state index in [1.54, 1.807) is 36.0 Å². The second-order valence-electron chi connectivity index (χ2n) is 8.22. The molecule has 1 aromatic carbocycles. The molecule has 0 saturated carbocycles. The summed E-state index contributed by atoms with van der Waals surface area (Å²) < 4.78 is 0. The number of hydrogen-bond donors (Lipinski definition) is 1. The second-order valence-corrected chi connectivity index (χ2v) is 10.2. The van der Waals surface area contributed by atoms with Crippen molar-refractivity contribution in [2.75, 3.05) is 5.43 Å². The van der Waals surface area contributed by atoms with E-state index in [0.29, 0.717) is 21.4 Å². The molecule has 152 valence electrons. The van der Waals surface area contributed by atoms with E-state index in [1.165, 1.54) is 23.3 Å². The number of hydrazone groups is 1. The van der Waals surface area contributed by atoms with Gasteiger partial charge in [-0.05, 0) is 48.3 Å². The minimum atomic E-state index is 0.332. The molecule has 0 unspecified atom stereocenters. The predicted octanol–water partition coefficient (Wildman–Crippen LogP) is 6.99. The Morgan fingerprint density at radius 1 is 1.31 bits per heavy atom. The Hall–Kier alpha value is -1.69. The van der Waals surface area contributed by atoms with Crippen LogP contribution in [0.2, 0.25) is 10.0 Å². The zero-order chi connectivity index (χ0) is 20.6. The number of hydrogen-bond acceptors (Lipinski definition) is 5. The van der Waals surface area contributed by atoms with E-state index in [0.717, 1.165) is 34.4 Å². The lowest BCUT2D eigenvalue weighted by molar-refractivity contribution is 0.184. The maximum Gasteiger partial charge on any atom is 0.158 e. The molecule has 0 amide bonds. The molecule has 0 aliphatic heterocycles. The molecule has 0 spiro atoms. The number of anilines is 1. The molecule has 2 aromatic heterocycles. The Bertz CT molecular complexity index is 1070. The van der Waals surface area contributed by atoms with Gasteiger partial charge in [-0.25, -0.2) is 9.97 Å². The van der Waals surface area contributed by atoms with Gasteiger partial charge in [0.25, 0.3) is 0 Å². The number of aryl methyl sites for hydroxylation is 1. The van der Waals surface area contributed by atoms with Crippen molar-refractivity contribution in [1.82, 2.24) is 9.97 Å². The van der Waals surface area contributed by atoms with Gasteiger partial charge in [0.05, 0.1) is 16.6 Å². The van der Waals surface area contributed by atoms with Crippen LogP contribution in [0.15, 0.2) is 29.6 Å². The van der Waals surface area contributed by atoms with E-state index < -0.39 is 0 Å². The number of aromatic nitrogens is 2. The average molecular weight is 447 g/mol. The summed E-state index contributed by atoms with van der Waals surface area (Å²) in [7, 11) is 0. The fourth-order valence-corrected chi connectivity index (χ4v) is 5.56.